The topological polar surface area (TPSA) is 23.6 Å². The van der Waals surface area contributed by atoms with Gasteiger partial charge in [-0.1, -0.05) is 163 Å². The number of benzene rings is 8. The van der Waals surface area contributed by atoms with Gasteiger partial charge in [-0.2, -0.15) is 0 Å². The summed E-state index contributed by atoms with van der Waals surface area (Å²) in [5.41, 5.74) is 20.1. The van der Waals surface area contributed by atoms with Crippen LogP contribution in [0.4, 0.5) is 34.1 Å². The molecule has 0 radical (unpaired) electrons. The summed E-state index contributed by atoms with van der Waals surface area (Å²) < 4.78 is 0. The second-order valence-electron chi connectivity index (χ2n) is 14.7. The molecule has 8 aromatic carbocycles. The van der Waals surface area contributed by atoms with Crippen LogP contribution in [0.5, 0.6) is 0 Å². The van der Waals surface area contributed by atoms with Gasteiger partial charge in [0.1, 0.15) is 0 Å². The molecule has 0 aromatic heterocycles. The van der Waals surface area contributed by atoms with Crippen LogP contribution in [-0.4, -0.2) is 19.2 Å². The van der Waals surface area contributed by atoms with Gasteiger partial charge in [0.2, 0.25) is 6.71 Å². The molecule has 8 aromatic rings. The molecular formula is C49H30B2N2O. The van der Waals surface area contributed by atoms with Crippen LogP contribution >= 0.6 is 0 Å². The molecule has 0 unspecified atom stereocenters. The SMILES string of the molecule is O=C1c2ccccc2B2c3ccccc3N3c4ccccc4B4c5ccccc5N(c5c(-c6ccccc6)cccc5-c5ccccc5)c5cc1c2c3c54. The molecule has 12 rings (SSSR count). The van der Waals surface area contributed by atoms with E-state index in [0.29, 0.717) is 0 Å². The van der Waals surface area contributed by atoms with Crippen LogP contribution in [-0.2, 0) is 0 Å². The van der Waals surface area contributed by atoms with Crippen molar-refractivity contribution in [1.82, 2.24) is 0 Å². The lowest BCUT2D eigenvalue weighted by atomic mass is 9.28. The molecular weight excluding hydrogens is 654 g/mol. The summed E-state index contributed by atoms with van der Waals surface area (Å²) in [6, 6.07) is 65.2. The van der Waals surface area contributed by atoms with E-state index >= 15 is 4.79 Å². The summed E-state index contributed by atoms with van der Waals surface area (Å²) in [6.45, 7) is -0.0860. The van der Waals surface area contributed by atoms with Gasteiger partial charge in [0.25, 0.3) is 6.71 Å². The molecule has 4 aliphatic heterocycles. The maximum Gasteiger partial charge on any atom is 0.252 e. The number of carbonyl (C=O) groups is 1. The van der Waals surface area contributed by atoms with Crippen molar-refractivity contribution in [3.63, 3.8) is 0 Å². The Bertz CT molecular complexity index is 2820. The molecule has 0 N–H and O–H groups in total. The highest BCUT2D eigenvalue weighted by Crippen LogP contribution is 2.50. The van der Waals surface area contributed by atoms with Crippen molar-refractivity contribution in [3.8, 4) is 22.3 Å². The van der Waals surface area contributed by atoms with Crippen molar-refractivity contribution in [2.75, 3.05) is 9.80 Å². The molecule has 4 heterocycles. The van der Waals surface area contributed by atoms with Gasteiger partial charge >= 0.3 is 0 Å². The second-order valence-corrected chi connectivity index (χ2v) is 14.7. The third-order valence-corrected chi connectivity index (χ3v) is 12.1. The highest BCUT2D eigenvalue weighted by atomic mass is 16.1. The Morgan fingerprint density at radius 3 is 1.31 bits per heavy atom. The van der Waals surface area contributed by atoms with Gasteiger partial charge in [-0.25, -0.2) is 0 Å². The first-order valence-electron chi connectivity index (χ1n) is 18.7. The zero-order valence-electron chi connectivity index (χ0n) is 29.3. The minimum atomic E-state index is -0.0605. The number of nitrogens with zero attached hydrogens (tertiary/aromatic N) is 2. The molecule has 0 fully saturated rings. The molecule has 248 valence electrons. The summed E-state index contributed by atoms with van der Waals surface area (Å²) in [4.78, 5) is 20.0. The lowest BCUT2D eigenvalue weighted by molar-refractivity contribution is 0.104. The third-order valence-electron chi connectivity index (χ3n) is 12.1. The molecule has 3 nitrogen and oxygen atoms in total. The molecule has 0 atom stereocenters. The largest absolute Gasteiger partial charge is 0.312 e. The Balaban J connectivity index is 1.27. The van der Waals surface area contributed by atoms with E-state index in [1.807, 2.05) is 12.1 Å². The average molecular weight is 684 g/mol. The van der Waals surface area contributed by atoms with E-state index in [4.69, 9.17) is 0 Å². The van der Waals surface area contributed by atoms with Gasteiger partial charge < -0.3 is 9.80 Å². The Morgan fingerprint density at radius 2 is 0.759 bits per heavy atom. The number of anilines is 6. The van der Waals surface area contributed by atoms with Crippen LogP contribution in [0.15, 0.2) is 182 Å². The quantitative estimate of drug-likeness (QED) is 0.181. The fraction of sp³-hybridized carbons (Fsp3) is 0. The first-order chi connectivity index (χ1) is 26.8. The van der Waals surface area contributed by atoms with Crippen molar-refractivity contribution in [2.45, 2.75) is 0 Å². The summed E-state index contributed by atoms with van der Waals surface area (Å²) in [5.74, 6) is 0.0871. The van der Waals surface area contributed by atoms with Crippen LogP contribution in [0.25, 0.3) is 22.3 Å². The van der Waals surface area contributed by atoms with E-state index in [1.54, 1.807) is 0 Å². The van der Waals surface area contributed by atoms with Gasteiger partial charge in [-0.3, -0.25) is 4.79 Å². The molecule has 0 bridgehead atoms. The molecule has 4 aliphatic rings. The highest BCUT2D eigenvalue weighted by molar-refractivity contribution is 7.04. The molecule has 5 heteroatoms. The highest BCUT2D eigenvalue weighted by Gasteiger charge is 2.51. The van der Waals surface area contributed by atoms with E-state index < -0.39 is 0 Å². The van der Waals surface area contributed by atoms with E-state index in [1.165, 1.54) is 33.2 Å². The standard InChI is InChI=1S/C49H30B2N2O/c54-49-35-20-7-8-23-37(35)50-38-24-9-12-27-41(38)52-42-28-13-10-25-39(42)51-40-26-11-14-29-43(40)53(44-30-36(49)45(50)48(52)46(44)51)47-33(31-16-3-1-4-17-31)21-15-22-34(47)32-18-5-2-6-19-32/h1-30H. The first kappa shape index (κ1) is 29.7. The summed E-state index contributed by atoms with van der Waals surface area (Å²) in [7, 11) is 0. The lowest BCUT2D eigenvalue weighted by Gasteiger charge is -2.49. The number of hydrogen-bond acceptors (Lipinski definition) is 3. The Labute approximate surface area is 314 Å². The van der Waals surface area contributed by atoms with E-state index in [0.717, 1.165) is 67.1 Å². The summed E-state index contributed by atoms with van der Waals surface area (Å²) in [5, 5.41) is 0. The maximum absolute atomic E-state index is 15.0. The number of ketones is 1. The third kappa shape index (κ3) is 3.85. The minimum absolute atomic E-state index is 0.0255. The predicted octanol–water partition coefficient (Wildman–Crippen LogP) is 7.48. The van der Waals surface area contributed by atoms with Crippen molar-refractivity contribution in [1.29, 1.82) is 0 Å². The summed E-state index contributed by atoms with van der Waals surface area (Å²) in [6.07, 6.45) is 0. The average Bonchev–Trinajstić information content (AvgIpc) is 3.24. The van der Waals surface area contributed by atoms with Crippen molar-refractivity contribution >= 4 is 86.1 Å². The zero-order chi connectivity index (χ0) is 35.5. The van der Waals surface area contributed by atoms with Gasteiger partial charge in [-0.15, -0.1) is 0 Å². The minimum Gasteiger partial charge on any atom is -0.312 e. The predicted molar refractivity (Wildman–Crippen MR) is 226 cm³/mol. The molecule has 0 spiro atoms. The number of rotatable bonds is 3. The monoisotopic (exact) mass is 684 g/mol. The van der Waals surface area contributed by atoms with Gasteiger partial charge in [0, 0.05) is 50.7 Å². The molecule has 0 saturated carbocycles. The molecule has 0 amide bonds. The van der Waals surface area contributed by atoms with Crippen LogP contribution < -0.4 is 42.6 Å². The molecule has 54 heavy (non-hydrogen) atoms. The van der Waals surface area contributed by atoms with Gasteiger partial charge in [0.15, 0.2) is 5.78 Å². The summed E-state index contributed by atoms with van der Waals surface area (Å²) >= 11 is 0. The number of carbonyl (C=O) groups excluding carboxylic acids is 1. The smallest absolute Gasteiger partial charge is 0.252 e. The van der Waals surface area contributed by atoms with Crippen molar-refractivity contribution in [2.24, 2.45) is 0 Å². The fourth-order valence-electron chi connectivity index (χ4n) is 9.97. The van der Waals surface area contributed by atoms with Crippen LogP contribution in [0.2, 0.25) is 0 Å². The van der Waals surface area contributed by atoms with Crippen LogP contribution in [0, 0.1) is 0 Å². The van der Waals surface area contributed by atoms with E-state index in [-0.39, 0.29) is 19.2 Å². The maximum atomic E-state index is 15.0. The van der Waals surface area contributed by atoms with Gasteiger partial charge in [0.05, 0.1) is 5.69 Å². The number of fused-ring (bicyclic) bond motifs is 10. The van der Waals surface area contributed by atoms with Crippen molar-refractivity contribution in [3.05, 3.63) is 193 Å². The molecule has 0 aliphatic carbocycles. The van der Waals surface area contributed by atoms with E-state index in [9.17, 15) is 0 Å². The van der Waals surface area contributed by atoms with Crippen LogP contribution in [0.3, 0.4) is 0 Å². The van der Waals surface area contributed by atoms with Gasteiger partial charge in [-0.05, 0) is 62.7 Å². The lowest BCUT2D eigenvalue weighted by Crippen LogP contribution is -2.69. The number of para-hydroxylation sites is 4. The number of hydrogen-bond donors (Lipinski definition) is 0. The Hall–Kier alpha value is -6.84. The fourth-order valence-corrected chi connectivity index (χ4v) is 9.97. The zero-order valence-corrected chi connectivity index (χ0v) is 29.3. The van der Waals surface area contributed by atoms with Crippen molar-refractivity contribution < 1.29 is 4.79 Å². The first-order valence-corrected chi connectivity index (χ1v) is 18.7. The normalized spacial score (nSPS) is 13.8. The van der Waals surface area contributed by atoms with Crippen LogP contribution in [0.1, 0.15) is 15.9 Å². The second kappa shape index (κ2) is 11.1. The Morgan fingerprint density at radius 1 is 0.333 bits per heavy atom. The molecule has 0 saturated heterocycles. The van der Waals surface area contributed by atoms with E-state index in [2.05, 4.69) is 180 Å². The Kier molecular flexibility index (Phi) is 6.10.